The summed E-state index contributed by atoms with van der Waals surface area (Å²) in [6, 6.07) is 0. The summed E-state index contributed by atoms with van der Waals surface area (Å²) in [6.07, 6.45) is 5.19. The number of Topliss-reactive ketones (excluding diaryl/α,β-unsaturated/α-hetero) is 1. The van der Waals surface area contributed by atoms with Crippen molar-refractivity contribution < 1.29 is 53.4 Å². The lowest BCUT2D eigenvalue weighted by Gasteiger charge is -2.41. The fourth-order valence-electron chi connectivity index (χ4n) is 8.72. The number of amides is 1. The summed E-state index contributed by atoms with van der Waals surface area (Å²) in [5.41, 5.74) is 6.26. The third-order valence-corrected chi connectivity index (χ3v) is 11.9. The Balaban J connectivity index is 1.90. The van der Waals surface area contributed by atoms with Crippen LogP contribution in [0.4, 0.5) is 4.79 Å². The third kappa shape index (κ3) is 13.4. The molecule has 3 rings (SSSR count). The standard InChI is InChI=1S/C42H71NO11/c1-10-32(33(44)11-2)37(46)27(6)21-29(8)39-28(7)20-24(3)16-17-31(51-36-22-34(52-41(43)48)38(47)30(9)50-36)15-13-12-14-25(4)40-26(5)18-19-42(49,54-40)23-35(45)53-39/h14,16-17,24,26-32,34,36-40,46-47,49H,10-13,15,18-23H2,1-9H3,(H2,43,48)/b17-16+,25-14+/t24-,26?,27+,28+,29+,30+,31?,32+,34+,36-,37-,38+,39-,40+,42+/m0/s1. The van der Waals surface area contributed by atoms with Crippen LogP contribution in [0.15, 0.2) is 23.8 Å². The van der Waals surface area contributed by atoms with E-state index in [9.17, 15) is 29.7 Å². The quantitative estimate of drug-likeness (QED) is 0.133. The van der Waals surface area contributed by atoms with Crippen molar-refractivity contribution >= 4 is 17.8 Å². The molecule has 0 aliphatic carbocycles. The van der Waals surface area contributed by atoms with E-state index in [0.717, 1.165) is 18.4 Å². The SMILES string of the molecule is CCC(=O)[C@@H](CC)[C@@H](O)[C@H](C)C[C@@H](C)[C@H]1OC(=O)C[C@@]2(O)CCC(C)[C@H](O2)/C(C)=C/CCCC(O[C@H]2C[C@@H](OC(N)=O)[C@H](O)[C@@H](C)O2)/C=C/[C@H](C)C[C@H]1C. The van der Waals surface area contributed by atoms with Gasteiger partial charge in [-0.05, 0) is 94.0 Å². The number of carbonyl (C=O) groups excluding carboxylic acids is 3. The van der Waals surface area contributed by atoms with Gasteiger partial charge in [-0.1, -0.05) is 66.7 Å². The van der Waals surface area contributed by atoms with Crippen LogP contribution in [0.5, 0.6) is 0 Å². The number of fused-ring (bicyclic) bond motifs is 2. The van der Waals surface area contributed by atoms with Crippen LogP contribution in [-0.4, -0.2) is 88.0 Å². The molecule has 3 aliphatic rings. The summed E-state index contributed by atoms with van der Waals surface area (Å²) in [5.74, 6) is -2.84. The Morgan fingerprint density at radius 1 is 1.07 bits per heavy atom. The monoisotopic (exact) mass is 766 g/mol. The van der Waals surface area contributed by atoms with Gasteiger partial charge in [-0.3, -0.25) is 9.59 Å². The molecule has 15 atom stereocenters. The second-order valence-corrected chi connectivity index (χ2v) is 16.7. The van der Waals surface area contributed by atoms with Crippen LogP contribution in [0.1, 0.15) is 133 Å². The van der Waals surface area contributed by atoms with Crippen LogP contribution in [0, 0.1) is 35.5 Å². The fourth-order valence-corrected chi connectivity index (χ4v) is 8.72. The number of cyclic esters (lactones) is 1. The average molecular weight is 766 g/mol. The van der Waals surface area contributed by atoms with Crippen molar-refractivity contribution in [3.8, 4) is 0 Å². The highest BCUT2D eigenvalue weighted by Gasteiger charge is 2.43. The van der Waals surface area contributed by atoms with Gasteiger partial charge in [-0.15, -0.1) is 0 Å². The van der Waals surface area contributed by atoms with E-state index >= 15 is 0 Å². The summed E-state index contributed by atoms with van der Waals surface area (Å²) < 4.78 is 30.2. The molecule has 1 amide bonds. The van der Waals surface area contributed by atoms with Gasteiger partial charge in [0.2, 0.25) is 0 Å². The zero-order chi connectivity index (χ0) is 40.3. The van der Waals surface area contributed by atoms with Gasteiger partial charge in [0.25, 0.3) is 0 Å². The number of carbonyl (C=O) groups is 3. The van der Waals surface area contributed by atoms with Gasteiger partial charge in [0.15, 0.2) is 12.1 Å². The van der Waals surface area contributed by atoms with Crippen molar-refractivity contribution in [2.45, 2.75) is 188 Å². The van der Waals surface area contributed by atoms with Gasteiger partial charge in [0.1, 0.15) is 24.1 Å². The predicted molar refractivity (Wildman–Crippen MR) is 205 cm³/mol. The summed E-state index contributed by atoms with van der Waals surface area (Å²) in [5, 5.41) is 33.4. The molecule has 2 unspecified atom stereocenters. The molecule has 0 radical (unpaired) electrons. The maximum atomic E-state index is 13.7. The molecule has 0 spiro atoms. The van der Waals surface area contributed by atoms with Gasteiger partial charge in [-0.25, -0.2) is 4.79 Å². The Morgan fingerprint density at radius 2 is 1.78 bits per heavy atom. The van der Waals surface area contributed by atoms with Crippen molar-refractivity contribution in [3.05, 3.63) is 23.8 Å². The van der Waals surface area contributed by atoms with Crippen molar-refractivity contribution in [2.24, 2.45) is 41.2 Å². The maximum Gasteiger partial charge on any atom is 0.404 e. The van der Waals surface area contributed by atoms with Crippen LogP contribution >= 0.6 is 0 Å². The summed E-state index contributed by atoms with van der Waals surface area (Å²) >= 11 is 0. The topological polar surface area (TPSA) is 184 Å². The van der Waals surface area contributed by atoms with Crippen LogP contribution in [-0.2, 0) is 33.3 Å². The van der Waals surface area contributed by atoms with E-state index in [1.165, 1.54) is 0 Å². The Morgan fingerprint density at radius 3 is 2.43 bits per heavy atom. The number of hydrogen-bond acceptors (Lipinski definition) is 11. The Hall–Kier alpha value is -2.35. The molecule has 0 aromatic heterocycles. The number of esters is 1. The van der Waals surface area contributed by atoms with E-state index in [1.807, 2.05) is 40.7 Å². The number of aliphatic hydroxyl groups is 3. The molecule has 2 bridgehead atoms. The van der Waals surface area contributed by atoms with Crippen LogP contribution in [0.25, 0.3) is 0 Å². The number of aliphatic hydroxyl groups excluding tert-OH is 2. The lowest BCUT2D eigenvalue weighted by atomic mass is 9.78. The molecule has 0 aromatic rings. The highest BCUT2D eigenvalue weighted by atomic mass is 16.7. The minimum atomic E-state index is -1.65. The van der Waals surface area contributed by atoms with Crippen molar-refractivity contribution in [1.29, 1.82) is 0 Å². The number of hydrogen-bond donors (Lipinski definition) is 4. The molecule has 0 saturated carbocycles. The number of nitrogens with two attached hydrogens (primary N) is 1. The summed E-state index contributed by atoms with van der Waals surface area (Å²) in [4.78, 5) is 37.8. The second kappa shape index (κ2) is 21.3. The van der Waals surface area contributed by atoms with Gasteiger partial charge in [-0.2, -0.15) is 0 Å². The average Bonchev–Trinajstić information content (AvgIpc) is 3.10. The molecule has 310 valence electrons. The van der Waals surface area contributed by atoms with Gasteiger partial charge >= 0.3 is 12.1 Å². The first-order valence-corrected chi connectivity index (χ1v) is 20.5. The zero-order valence-corrected chi connectivity index (χ0v) is 34.3. The molecule has 12 nitrogen and oxygen atoms in total. The molecular weight excluding hydrogens is 694 g/mol. The minimum Gasteiger partial charge on any atom is -0.462 e. The van der Waals surface area contributed by atoms with Gasteiger partial charge in [0.05, 0.1) is 30.8 Å². The molecule has 54 heavy (non-hydrogen) atoms. The maximum absolute atomic E-state index is 13.7. The molecule has 2 saturated heterocycles. The molecule has 12 heteroatoms. The lowest BCUT2D eigenvalue weighted by Crippen LogP contribution is -2.50. The Labute approximate surface area is 323 Å². The summed E-state index contributed by atoms with van der Waals surface area (Å²) in [6.45, 7) is 17.6. The normalized spacial score (nSPS) is 38.6. The van der Waals surface area contributed by atoms with Crippen molar-refractivity contribution in [2.75, 3.05) is 0 Å². The largest absolute Gasteiger partial charge is 0.462 e. The summed E-state index contributed by atoms with van der Waals surface area (Å²) in [7, 11) is 0. The van der Waals surface area contributed by atoms with Crippen LogP contribution < -0.4 is 5.73 Å². The van der Waals surface area contributed by atoms with E-state index in [0.29, 0.717) is 44.9 Å². The van der Waals surface area contributed by atoms with Gasteiger partial charge < -0.3 is 44.7 Å². The lowest BCUT2D eigenvalue weighted by molar-refractivity contribution is -0.262. The molecule has 0 aromatic carbocycles. The molecule has 2 fully saturated rings. The number of primary amides is 1. The van der Waals surface area contributed by atoms with E-state index in [4.69, 9.17) is 29.4 Å². The Kier molecular flexibility index (Phi) is 18.1. The molecule has 3 aliphatic heterocycles. The van der Waals surface area contributed by atoms with Gasteiger partial charge in [0, 0.05) is 25.2 Å². The number of allylic oxidation sites excluding steroid dienone is 2. The number of rotatable bonds is 11. The third-order valence-electron chi connectivity index (χ3n) is 11.9. The molecule has 5 N–H and O–H groups in total. The first kappa shape index (κ1) is 46.0. The number of ether oxygens (including phenoxy) is 5. The minimum absolute atomic E-state index is 0.0443. The van der Waals surface area contributed by atoms with E-state index in [-0.39, 0.29) is 60.4 Å². The highest BCUT2D eigenvalue weighted by Crippen LogP contribution is 2.38. The van der Waals surface area contributed by atoms with Crippen molar-refractivity contribution in [1.82, 2.24) is 0 Å². The van der Waals surface area contributed by atoms with Crippen LogP contribution in [0.3, 0.4) is 0 Å². The molecular formula is C42H71NO11. The zero-order valence-electron chi connectivity index (χ0n) is 34.3. The van der Waals surface area contributed by atoms with E-state index in [2.05, 4.69) is 32.9 Å². The smallest absolute Gasteiger partial charge is 0.404 e. The Bertz CT molecular complexity index is 1270. The van der Waals surface area contributed by atoms with E-state index < -0.39 is 60.6 Å². The van der Waals surface area contributed by atoms with Crippen LogP contribution in [0.2, 0.25) is 0 Å². The predicted octanol–water partition coefficient (Wildman–Crippen LogP) is 6.51. The first-order chi connectivity index (χ1) is 25.4. The molecule has 3 heterocycles. The fraction of sp³-hybridized carbons (Fsp3) is 0.833. The second-order valence-electron chi connectivity index (χ2n) is 16.7. The van der Waals surface area contributed by atoms with E-state index in [1.54, 1.807) is 6.92 Å². The first-order valence-electron chi connectivity index (χ1n) is 20.5. The van der Waals surface area contributed by atoms with Crippen molar-refractivity contribution in [3.63, 3.8) is 0 Å². The number of ketones is 1. The highest BCUT2D eigenvalue weighted by molar-refractivity contribution is 5.81.